The molecule has 0 radical (unpaired) electrons. The van der Waals surface area contributed by atoms with Crippen LogP contribution in [0, 0.1) is 34.5 Å². The molecule has 8 heteroatoms. The molecule has 6 unspecified atom stereocenters. The number of aliphatic hydroxyl groups is 2. The summed E-state index contributed by atoms with van der Waals surface area (Å²) in [5, 5.41) is 24.8. The highest BCUT2D eigenvalue weighted by Gasteiger charge is 2.68. The maximum atomic E-state index is 13.7. The lowest BCUT2D eigenvalue weighted by molar-refractivity contribution is -0.176. The van der Waals surface area contributed by atoms with Crippen LogP contribution in [0.5, 0.6) is 0 Å². The largest absolute Gasteiger partial charge is 0.393 e. The number of benzene rings is 1. The number of carbonyl (C=O) groups is 2. The van der Waals surface area contributed by atoms with E-state index in [-0.39, 0.29) is 41.0 Å². The highest BCUT2D eigenvalue weighted by Crippen LogP contribution is 2.67. The van der Waals surface area contributed by atoms with E-state index in [1.165, 1.54) is 11.8 Å². The number of halogens is 1. The smallest absolute Gasteiger partial charge is 0.187 e. The predicted molar refractivity (Wildman–Crippen MR) is 156 cm³/mol. The Morgan fingerprint density at radius 2 is 1.85 bits per heavy atom. The minimum absolute atomic E-state index is 0.00912. The molecule has 2 N–H and O–H groups in total. The molecular weight excluding hydrogens is 544 g/mol. The van der Waals surface area contributed by atoms with Crippen LogP contribution in [0.2, 0.25) is 5.02 Å². The lowest BCUT2D eigenvalue weighted by atomic mass is 9.45. The number of aromatic nitrogens is 2. The molecule has 0 spiro atoms. The number of nitrogens with zero attached hydrogens (tertiary/aromatic N) is 2. The summed E-state index contributed by atoms with van der Waals surface area (Å²) in [6, 6.07) is 7.44. The van der Waals surface area contributed by atoms with Gasteiger partial charge in [0.25, 0.3) is 0 Å². The van der Waals surface area contributed by atoms with Crippen molar-refractivity contribution in [3.05, 3.63) is 65.5 Å². The molecule has 0 amide bonds. The van der Waals surface area contributed by atoms with Gasteiger partial charge in [-0.25, -0.2) is 9.97 Å². The van der Waals surface area contributed by atoms with E-state index in [2.05, 4.69) is 23.8 Å². The Balaban J connectivity index is 1.19. The van der Waals surface area contributed by atoms with Gasteiger partial charge < -0.3 is 10.2 Å². The average molecular weight is 579 g/mol. The van der Waals surface area contributed by atoms with E-state index in [1.807, 2.05) is 37.3 Å². The Hall–Kier alpha value is -2.32. The molecule has 3 saturated carbocycles. The van der Waals surface area contributed by atoms with Crippen LogP contribution in [0.3, 0.4) is 0 Å². The first-order valence-corrected chi connectivity index (χ1v) is 15.4. The molecule has 4 aliphatic carbocycles. The van der Waals surface area contributed by atoms with E-state index in [4.69, 9.17) is 11.6 Å². The average Bonchev–Trinajstić information content (AvgIpc) is 3.20. The van der Waals surface area contributed by atoms with Crippen LogP contribution < -0.4 is 0 Å². The highest BCUT2D eigenvalue weighted by molar-refractivity contribution is 7.99. The monoisotopic (exact) mass is 578 g/mol. The zero-order valence-electron chi connectivity index (χ0n) is 23.0. The summed E-state index contributed by atoms with van der Waals surface area (Å²) in [4.78, 5) is 34.8. The molecule has 210 valence electrons. The fraction of sp³-hybridized carbons (Fsp3) is 0.500. The van der Waals surface area contributed by atoms with Gasteiger partial charge in [-0.15, -0.1) is 0 Å². The van der Waals surface area contributed by atoms with Gasteiger partial charge in [-0.2, -0.15) is 0 Å². The summed E-state index contributed by atoms with van der Waals surface area (Å²) in [5.74, 6) is 0.268. The molecule has 0 aliphatic heterocycles. The molecule has 6 rings (SSSR count). The van der Waals surface area contributed by atoms with Crippen LogP contribution in [-0.2, 0) is 9.59 Å². The second-order valence-corrected chi connectivity index (χ2v) is 14.0. The third kappa shape index (κ3) is 4.23. The van der Waals surface area contributed by atoms with Gasteiger partial charge in [0.15, 0.2) is 16.7 Å². The van der Waals surface area contributed by atoms with E-state index in [0.717, 1.165) is 29.5 Å². The van der Waals surface area contributed by atoms with Gasteiger partial charge in [0.1, 0.15) is 5.60 Å². The summed E-state index contributed by atoms with van der Waals surface area (Å²) < 4.78 is 0. The van der Waals surface area contributed by atoms with Gasteiger partial charge in [-0.1, -0.05) is 67.9 Å². The number of rotatable bonds is 5. The first-order valence-electron chi connectivity index (χ1n) is 14.1. The Bertz CT molecular complexity index is 1410. The standard InChI is InChI=1S/C32H35ClN2O4S/c1-18-12-23-24-9-11-32(39,31(24,3)14-26(37)28(23)30(2)10-8-22(36)13-25(18)30)27(38)17-40-29-34-15-20(16-35-29)19-4-6-21(33)7-5-19/h4-8,10,13,15-16,18,23-24,26,28,37,39H,9,11-12,14,17H2,1-3H3/t18-,23?,24?,26?,28?,30?,31?,32-/m0/s1. The number of Topliss-reactive ketones (excluding diaryl/α,β-unsaturated/α-hetero) is 1. The number of aliphatic hydroxyl groups excluding tert-OH is 1. The van der Waals surface area contributed by atoms with Crippen LogP contribution in [0.25, 0.3) is 11.1 Å². The van der Waals surface area contributed by atoms with Crippen molar-refractivity contribution in [2.24, 2.45) is 34.5 Å². The van der Waals surface area contributed by atoms with Gasteiger partial charge in [0.2, 0.25) is 0 Å². The van der Waals surface area contributed by atoms with Crippen LogP contribution in [-0.4, -0.2) is 49.2 Å². The normalized spacial score (nSPS) is 38.3. The topological polar surface area (TPSA) is 100 Å². The molecule has 1 aromatic carbocycles. The SMILES string of the molecule is C[C@H]1CC2C(C(O)CC3(C)C2CC[C@]3(O)C(=O)CSc2ncc(-c3ccc(Cl)cc3)cn2)C2(C)C=CC(=O)C=C12. The van der Waals surface area contributed by atoms with Crippen LogP contribution >= 0.6 is 23.4 Å². The van der Waals surface area contributed by atoms with Crippen molar-refractivity contribution in [3.63, 3.8) is 0 Å². The van der Waals surface area contributed by atoms with Crippen molar-refractivity contribution in [2.45, 2.75) is 63.3 Å². The molecule has 8 atom stereocenters. The van der Waals surface area contributed by atoms with Crippen molar-refractivity contribution in [3.8, 4) is 11.1 Å². The van der Waals surface area contributed by atoms with Crippen molar-refractivity contribution in [2.75, 3.05) is 5.75 Å². The number of ketones is 2. The van der Waals surface area contributed by atoms with Crippen molar-refractivity contribution in [1.29, 1.82) is 0 Å². The first kappa shape index (κ1) is 27.8. The van der Waals surface area contributed by atoms with Crippen LogP contribution in [0.15, 0.2) is 65.6 Å². The van der Waals surface area contributed by atoms with Gasteiger partial charge in [0.05, 0.1) is 11.9 Å². The molecule has 0 bridgehead atoms. The Labute approximate surface area is 244 Å². The second-order valence-electron chi connectivity index (χ2n) is 12.6. The highest BCUT2D eigenvalue weighted by atomic mass is 35.5. The number of allylic oxidation sites excluding steroid dienone is 4. The molecule has 40 heavy (non-hydrogen) atoms. The molecular formula is C32H35ClN2O4S. The van der Waals surface area contributed by atoms with Crippen molar-refractivity contribution in [1.82, 2.24) is 9.97 Å². The maximum absolute atomic E-state index is 13.7. The van der Waals surface area contributed by atoms with Crippen molar-refractivity contribution < 1.29 is 19.8 Å². The molecule has 4 aliphatic rings. The molecule has 0 saturated heterocycles. The van der Waals surface area contributed by atoms with Gasteiger partial charge in [-0.05, 0) is 73.3 Å². The first-order chi connectivity index (χ1) is 19.0. The number of fused-ring (bicyclic) bond motifs is 5. The van der Waals surface area contributed by atoms with Gasteiger partial charge in [0, 0.05) is 39.7 Å². The fourth-order valence-electron chi connectivity index (χ4n) is 8.64. The number of carbonyl (C=O) groups excluding carboxylic acids is 2. The lowest BCUT2D eigenvalue weighted by Crippen LogP contribution is -2.62. The Morgan fingerprint density at radius 1 is 1.15 bits per heavy atom. The van der Waals surface area contributed by atoms with Gasteiger partial charge in [-0.3, -0.25) is 9.59 Å². The second kappa shape index (κ2) is 9.90. The fourth-order valence-corrected chi connectivity index (χ4v) is 9.52. The lowest BCUT2D eigenvalue weighted by Gasteiger charge is -2.60. The third-order valence-electron chi connectivity index (χ3n) is 10.6. The number of hydrogen-bond acceptors (Lipinski definition) is 7. The summed E-state index contributed by atoms with van der Waals surface area (Å²) in [5.41, 5.74) is 0.274. The van der Waals surface area contributed by atoms with E-state index < -0.39 is 22.5 Å². The molecule has 1 aromatic heterocycles. The van der Waals surface area contributed by atoms with Crippen molar-refractivity contribution >= 4 is 34.9 Å². The van der Waals surface area contributed by atoms with E-state index in [1.54, 1.807) is 24.5 Å². The van der Waals surface area contributed by atoms with E-state index >= 15 is 0 Å². The minimum atomic E-state index is -1.52. The Morgan fingerprint density at radius 3 is 2.55 bits per heavy atom. The molecule has 6 nitrogen and oxygen atoms in total. The third-order valence-corrected chi connectivity index (χ3v) is 11.7. The van der Waals surface area contributed by atoms with Crippen LogP contribution in [0.4, 0.5) is 0 Å². The van der Waals surface area contributed by atoms with Crippen LogP contribution in [0.1, 0.15) is 46.5 Å². The zero-order valence-corrected chi connectivity index (χ0v) is 24.6. The molecule has 1 heterocycles. The summed E-state index contributed by atoms with van der Waals surface area (Å²) >= 11 is 7.21. The predicted octanol–water partition coefficient (Wildman–Crippen LogP) is 5.71. The quantitative estimate of drug-likeness (QED) is 0.346. The number of thioether (sulfide) groups is 1. The molecule has 2 aromatic rings. The van der Waals surface area contributed by atoms with E-state index in [0.29, 0.717) is 23.0 Å². The Kier molecular flexibility index (Phi) is 6.89. The summed E-state index contributed by atoms with van der Waals surface area (Å²) in [7, 11) is 0. The zero-order chi connectivity index (χ0) is 28.4. The molecule has 3 fully saturated rings. The number of hydrogen-bond donors (Lipinski definition) is 2. The summed E-state index contributed by atoms with van der Waals surface area (Å²) in [6.07, 6.45) is 10.5. The van der Waals surface area contributed by atoms with E-state index in [9.17, 15) is 19.8 Å². The van der Waals surface area contributed by atoms with Gasteiger partial charge >= 0.3 is 0 Å². The maximum Gasteiger partial charge on any atom is 0.187 e. The summed E-state index contributed by atoms with van der Waals surface area (Å²) in [6.45, 7) is 6.30. The minimum Gasteiger partial charge on any atom is -0.393 e.